The summed E-state index contributed by atoms with van der Waals surface area (Å²) >= 11 is 0. The van der Waals surface area contributed by atoms with E-state index in [2.05, 4.69) is 130 Å². The third kappa shape index (κ3) is 47.1. The van der Waals surface area contributed by atoms with Gasteiger partial charge in [-0.15, -0.1) is 0 Å². The first kappa shape index (κ1) is 58.1. The summed E-state index contributed by atoms with van der Waals surface area (Å²) in [6.45, 7) is 6.30. The highest BCUT2D eigenvalue weighted by atomic mass is 16.6. The summed E-state index contributed by atoms with van der Waals surface area (Å²) in [5, 5.41) is 0. The Bertz CT molecular complexity index is 1310. The summed E-state index contributed by atoms with van der Waals surface area (Å²) in [6, 6.07) is 0. The van der Waals surface area contributed by atoms with Crippen molar-refractivity contribution in [2.75, 3.05) is 13.2 Å². The molecule has 0 saturated heterocycles. The Morgan fingerprint density at radius 3 is 1.05 bits per heavy atom. The van der Waals surface area contributed by atoms with Crippen LogP contribution in [0.4, 0.5) is 0 Å². The second-order valence-electron chi connectivity index (χ2n) is 16.0. The molecule has 0 spiro atoms. The summed E-state index contributed by atoms with van der Waals surface area (Å²) in [5.74, 6) is -1.02. The highest BCUT2D eigenvalue weighted by molar-refractivity contribution is 5.71. The summed E-state index contributed by atoms with van der Waals surface area (Å²) < 4.78 is 16.7. The second kappa shape index (κ2) is 49.7. The van der Waals surface area contributed by atoms with Crippen LogP contribution in [0, 0.1) is 0 Å². The number of hydrogen-bond donors (Lipinski definition) is 0. The van der Waals surface area contributed by atoms with Crippen molar-refractivity contribution >= 4 is 17.9 Å². The fraction of sp³-hybridized carbons (Fsp3) is 0.625. The number of allylic oxidation sites excluding steroid dienone is 18. The van der Waals surface area contributed by atoms with Crippen molar-refractivity contribution in [3.8, 4) is 0 Å². The average Bonchev–Trinajstić information content (AvgIpc) is 3.27. The highest BCUT2D eigenvalue weighted by Crippen LogP contribution is 2.14. The molecular formula is C56H90O6. The maximum Gasteiger partial charge on any atom is 0.306 e. The van der Waals surface area contributed by atoms with Gasteiger partial charge >= 0.3 is 17.9 Å². The second-order valence-corrected chi connectivity index (χ2v) is 16.0. The lowest BCUT2D eigenvalue weighted by Gasteiger charge is -2.18. The van der Waals surface area contributed by atoms with Crippen molar-refractivity contribution < 1.29 is 28.6 Å². The number of unbranched alkanes of at least 4 members (excludes halogenated alkanes) is 14. The predicted octanol–water partition coefficient (Wildman–Crippen LogP) is 16.4. The molecular weight excluding hydrogens is 769 g/mol. The van der Waals surface area contributed by atoms with Gasteiger partial charge in [0.25, 0.3) is 0 Å². The van der Waals surface area contributed by atoms with E-state index in [-0.39, 0.29) is 37.5 Å². The van der Waals surface area contributed by atoms with Gasteiger partial charge in [-0.1, -0.05) is 201 Å². The summed E-state index contributed by atoms with van der Waals surface area (Å²) in [5.41, 5.74) is 0. The van der Waals surface area contributed by atoms with E-state index in [9.17, 15) is 14.4 Å². The zero-order valence-electron chi connectivity index (χ0n) is 39.8. The van der Waals surface area contributed by atoms with Crippen LogP contribution in [0.2, 0.25) is 0 Å². The largest absolute Gasteiger partial charge is 0.462 e. The van der Waals surface area contributed by atoms with Gasteiger partial charge in [0.2, 0.25) is 0 Å². The van der Waals surface area contributed by atoms with E-state index >= 15 is 0 Å². The summed E-state index contributed by atoms with van der Waals surface area (Å²) in [7, 11) is 0. The molecule has 0 aliphatic rings. The number of hydrogen-bond acceptors (Lipinski definition) is 6. The molecule has 0 rings (SSSR count). The Morgan fingerprint density at radius 2 is 0.645 bits per heavy atom. The molecule has 1 atom stereocenters. The normalized spacial score (nSPS) is 13.0. The summed E-state index contributed by atoms with van der Waals surface area (Å²) in [4.78, 5) is 37.9. The fourth-order valence-electron chi connectivity index (χ4n) is 6.35. The zero-order chi connectivity index (χ0) is 45.1. The molecule has 0 aliphatic heterocycles. The Labute approximate surface area is 380 Å². The van der Waals surface area contributed by atoms with Crippen molar-refractivity contribution in [1.29, 1.82) is 0 Å². The summed E-state index contributed by atoms with van der Waals surface area (Å²) in [6.07, 6.45) is 66.5. The van der Waals surface area contributed by atoms with E-state index in [1.807, 2.05) is 0 Å². The first-order valence-corrected chi connectivity index (χ1v) is 24.9. The van der Waals surface area contributed by atoms with Crippen LogP contribution >= 0.6 is 0 Å². The Balaban J connectivity index is 4.54. The van der Waals surface area contributed by atoms with E-state index < -0.39 is 6.10 Å². The van der Waals surface area contributed by atoms with Crippen LogP contribution < -0.4 is 0 Å². The first-order valence-electron chi connectivity index (χ1n) is 24.9. The number of esters is 3. The highest BCUT2D eigenvalue weighted by Gasteiger charge is 2.19. The molecule has 0 unspecified atom stereocenters. The Hall–Kier alpha value is -3.93. The third-order valence-electron chi connectivity index (χ3n) is 10.0. The molecule has 0 aromatic heterocycles. The van der Waals surface area contributed by atoms with Crippen LogP contribution in [0.25, 0.3) is 0 Å². The fourth-order valence-corrected chi connectivity index (χ4v) is 6.35. The van der Waals surface area contributed by atoms with Gasteiger partial charge < -0.3 is 14.2 Å². The molecule has 6 nitrogen and oxygen atoms in total. The van der Waals surface area contributed by atoms with Gasteiger partial charge in [-0.05, 0) is 96.3 Å². The Kier molecular flexibility index (Phi) is 46.6. The van der Waals surface area contributed by atoms with Crippen molar-refractivity contribution in [2.45, 2.75) is 213 Å². The minimum absolute atomic E-state index is 0.118. The molecule has 0 saturated carbocycles. The van der Waals surface area contributed by atoms with Crippen LogP contribution in [-0.2, 0) is 28.6 Å². The SMILES string of the molecule is CC/C=C\C/C=C\C/C=C\C/C=C\C/C=C\CCCC(=O)OC[C@H](COC(=O)CCCC/C=C\C/C=C\C/C=C\C/C=C\CC)OC(=O)CCCCCCCCCCCCCC. The van der Waals surface area contributed by atoms with Crippen molar-refractivity contribution in [2.24, 2.45) is 0 Å². The lowest BCUT2D eigenvalue weighted by atomic mass is 10.0. The van der Waals surface area contributed by atoms with Gasteiger partial charge in [-0.25, -0.2) is 0 Å². The van der Waals surface area contributed by atoms with Gasteiger partial charge in [0.15, 0.2) is 6.10 Å². The number of ether oxygens (including phenoxy) is 3. The number of carbonyl (C=O) groups is 3. The minimum Gasteiger partial charge on any atom is -0.462 e. The van der Waals surface area contributed by atoms with E-state index in [0.717, 1.165) is 96.3 Å². The maximum absolute atomic E-state index is 12.8. The van der Waals surface area contributed by atoms with Crippen LogP contribution in [-0.4, -0.2) is 37.2 Å². The van der Waals surface area contributed by atoms with E-state index in [1.165, 1.54) is 57.8 Å². The molecule has 0 radical (unpaired) electrons. The van der Waals surface area contributed by atoms with Crippen LogP contribution in [0.5, 0.6) is 0 Å². The molecule has 350 valence electrons. The molecule has 0 heterocycles. The van der Waals surface area contributed by atoms with Crippen molar-refractivity contribution in [3.05, 3.63) is 109 Å². The van der Waals surface area contributed by atoms with Gasteiger partial charge in [0.1, 0.15) is 13.2 Å². The molecule has 0 amide bonds. The van der Waals surface area contributed by atoms with E-state index in [4.69, 9.17) is 14.2 Å². The van der Waals surface area contributed by atoms with E-state index in [0.29, 0.717) is 25.7 Å². The third-order valence-corrected chi connectivity index (χ3v) is 10.0. The van der Waals surface area contributed by atoms with Gasteiger partial charge in [0.05, 0.1) is 0 Å². The monoisotopic (exact) mass is 859 g/mol. The molecule has 0 N–H and O–H groups in total. The van der Waals surface area contributed by atoms with Crippen LogP contribution in [0.1, 0.15) is 207 Å². The quantitative estimate of drug-likeness (QED) is 0.0263. The minimum atomic E-state index is -0.817. The van der Waals surface area contributed by atoms with Crippen molar-refractivity contribution in [1.82, 2.24) is 0 Å². The smallest absolute Gasteiger partial charge is 0.306 e. The lowest BCUT2D eigenvalue weighted by Crippen LogP contribution is -2.30. The lowest BCUT2D eigenvalue weighted by molar-refractivity contribution is -0.167. The Morgan fingerprint density at radius 1 is 0.339 bits per heavy atom. The maximum atomic E-state index is 12.8. The number of carbonyl (C=O) groups excluding carboxylic acids is 3. The predicted molar refractivity (Wildman–Crippen MR) is 265 cm³/mol. The molecule has 6 heteroatoms. The van der Waals surface area contributed by atoms with Crippen LogP contribution in [0.15, 0.2) is 109 Å². The standard InChI is InChI=1S/C56H90O6/c1-4-7-10-13-16-19-22-25-27-28-30-32-35-37-40-43-46-49-55(58)61-52-53(62-56(59)50-47-44-41-38-33-24-21-18-15-12-9-6-3)51-60-54(57)48-45-42-39-36-34-31-29-26-23-20-17-14-11-8-5-2/h7-8,10-11,16-17,19-20,25-27,29-30,32,34,36-37,40,53H,4-6,9,12-15,18,21-24,28,31,33,35,38-39,41-52H2,1-3H3/b10-7-,11-8-,19-16-,20-17-,27-25-,29-26-,32-30-,36-34-,40-37-/t53-/m0/s1. The van der Waals surface area contributed by atoms with Gasteiger partial charge in [0, 0.05) is 19.3 Å². The molecule has 0 bridgehead atoms. The zero-order valence-corrected chi connectivity index (χ0v) is 39.8. The number of rotatable bonds is 43. The molecule has 0 fully saturated rings. The van der Waals surface area contributed by atoms with Crippen molar-refractivity contribution in [3.63, 3.8) is 0 Å². The molecule has 0 aromatic rings. The van der Waals surface area contributed by atoms with Gasteiger partial charge in [-0.2, -0.15) is 0 Å². The average molecular weight is 859 g/mol. The topological polar surface area (TPSA) is 78.9 Å². The molecule has 0 aliphatic carbocycles. The van der Waals surface area contributed by atoms with Crippen LogP contribution in [0.3, 0.4) is 0 Å². The van der Waals surface area contributed by atoms with E-state index in [1.54, 1.807) is 0 Å². The molecule has 62 heavy (non-hydrogen) atoms. The molecule has 0 aromatic carbocycles. The first-order chi connectivity index (χ1) is 30.5. The van der Waals surface area contributed by atoms with Gasteiger partial charge in [-0.3, -0.25) is 14.4 Å².